The van der Waals surface area contributed by atoms with E-state index in [2.05, 4.69) is 20.2 Å². The van der Waals surface area contributed by atoms with Gasteiger partial charge in [0.15, 0.2) is 11.4 Å². The molecule has 0 atom stereocenters. The largest absolute Gasteiger partial charge is 0.508 e. The lowest BCUT2D eigenvalue weighted by molar-refractivity contribution is 0.104. The second-order valence-electron chi connectivity index (χ2n) is 5.96. The van der Waals surface area contributed by atoms with E-state index in [0.717, 1.165) is 0 Å². The Morgan fingerprint density at radius 3 is 2.61 bits per heavy atom. The summed E-state index contributed by atoms with van der Waals surface area (Å²) in [7, 11) is -4.06. The first-order valence-electron chi connectivity index (χ1n) is 8.01. The minimum absolute atomic E-state index is 0.0355. The van der Waals surface area contributed by atoms with Crippen LogP contribution in [0, 0.1) is 0 Å². The van der Waals surface area contributed by atoms with Crippen molar-refractivity contribution in [2.24, 2.45) is 5.14 Å². The Labute approximate surface area is 158 Å². The van der Waals surface area contributed by atoms with Crippen LogP contribution in [0.2, 0.25) is 0 Å². The van der Waals surface area contributed by atoms with E-state index in [1.807, 2.05) is 0 Å². The summed E-state index contributed by atoms with van der Waals surface area (Å²) in [6.07, 6.45) is 4.22. The van der Waals surface area contributed by atoms with Crippen molar-refractivity contribution in [3.8, 4) is 17.0 Å². The third-order valence-corrected chi connectivity index (χ3v) is 5.12. The number of carbonyl (C=O) groups is 1. The number of phenolic OH excluding ortho intramolecular Hbond substituents is 1. The molecule has 4 N–H and O–H groups in total. The number of nitrogens with zero attached hydrogens (tertiary/aromatic N) is 3. The van der Waals surface area contributed by atoms with Crippen molar-refractivity contribution in [3.63, 3.8) is 0 Å². The van der Waals surface area contributed by atoms with E-state index in [1.54, 1.807) is 0 Å². The van der Waals surface area contributed by atoms with Crippen molar-refractivity contribution in [3.05, 3.63) is 66.1 Å². The SMILES string of the molecule is NS(=O)(=O)c1cccnc1-c1cnnc2[nH]cc(C(=O)c3ccc(O)cc3)c12. The van der Waals surface area contributed by atoms with Gasteiger partial charge < -0.3 is 10.1 Å². The van der Waals surface area contributed by atoms with Crippen molar-refractivity contribution in [2.75, 3.05) is 0 Å². The highest BCUT2D eigenvalue weighted by molar-refractivity contribution is 7.89. The van der Waals surface area contributed by atoms with Crippen LogP contribution in [0.25, 0.3) is 22.3 Å². The van der Waals surface area contributed by atoms with E-state index in [1.165, 1.54) is 55.0 Å². The molecule has 4 aromatic rings. The normalized spacial score (nSPS) is 11.6. The van der Waals surface area contributed by atoms with Gasteiger partial charge in [-0.3, -0.25) is 9.78 Å². The van der Waals surface area contributed by atoms with Crippen molar-refractivity contribution in [2.45, 2.75) is 4.90 Å². The Bertz CT molecular complexity index is 1310. The van der Waals surface area contributed by atoms with Gasteiger partial charge in [-0.1, -0.05) is 0 Å². The molecule has 0 aliphatic heterocycles. The van der Waals surface area contributed by atoms with Crippen LogP contribution in [0.3, 0.4) is 0 Å². The molecule has 0 saturated heterocycles. The molecular weight excluding hydrogens is 382 g/mol. The molecule has 0 aliphatic carbocycles. The van der Waals surface area contributed by atoms with Gasteiger partial charge in [0.25, 0.3) is 0 Å². The summed E-state index contributed by atoms with van der Waals surface area (Å²) in [6, 6.07) is 8.57. The fraction of sp³-hybridized carbons (Fsp3) is 0. The Morgan fingerprint density at radius 1 is 1.14 bits per heavy atom. The molecule has 0 saturated carbocycles. The number of hydrogen-bond donors (Lipinski definition) is 3. The number of aromatic amines is 1. The molecule has 0 bridgehead atoms. The average Bonchev–Trinajstić information content (AvgIpc) is 3.11. The zero-order valence-electron chi connectivity index (χ0n) is 14.2. The van der Waals surface area contributed by atoms with Crippen LogP contribution in [0.1, 0.15) is 15.9 Å². The number of carbonyl (C=O) groups excluding carboxylic acids is 1. The lowest BCUT2D eigenvalue weighted by Crippen LogP contribution is -2.14. The van der Waals surface area contributed by atoms with Gasteiger partial charge in [-0.25, -0.2) is 13.6 Å². The molecule has 10 heteroatoms. The first-order chi connectivity index (χ1) is 13.4. The summed E-state index contributed by atoms with van der Waals surface area (Å²) in [5.74, 6) is -0.304. The van der Waals surface area contributed by atoms with Gasteiger partial charge in [0.1, 0.15) is 10.6 Å². The monoisotopic (exact) mass is 395 g/mol. The maximum absolute atomic E-state index is 13.0. The number of ketones is 1. The predicted molar refractivity (Wildman–Crippen MR) is 100 cm³/mol. The fourth-order valence-corrected chi connectivity index (χ4v) is 3.62. The highest BCUT2D eigenvalue weighted by Crippen LogP contribution is 2.32. The summed E-state index contributed by atoms with van der Waals surface area (Å²) in [5.41, 5.74) is 1.28. The topological polar surface area (TPSA) is 152 Å². The number of phenols is 1. The van der Waals surface area contributed by atoms with Gasteiger partial charge >= 0.3 is 0 Å². The molecule has 1 aromatic carbocycles. The highest BCUT2D eigenvalue weighted by atomic mass is 32.2. The van der Waals surface area contributed by atoms with Crippen molar-refractivity contribution in [1.82, 2.24) is 20.2 Å². The van der Waals surface area contributed by atoms with Gasteiger partial charge in [0, 0.05) is 28.9 Å². The molecule has 0 fully saturated rings. The number of benzene rings is 1. The van der Waals surface area contributed by atoms with E-state index in [0.29, 0.717) is 22.2 Å². The smallest absolute Gasteiger partial charge is 0.240 e. The molecule has 0 amide bonds. The van der Waals surface area contributed by atoms with Gasteiger partial charge in [0.05, 0.1) is 17.5 Å². The van der Waals surface area contributed by atoms with Gasteiger partial charge in [-0.2, -0.15) is 5.10 Å². The summed E-state index contributed by atoms with van der Waals surface area (Å²) >= 11 is 0. The first kappa shape index (κ1) is 17.8. The number of nitrogens with one attached hydrogen (secondary N) is 1. The second-order valence-corrected chi connectivity index (χ2v) is 7.49. The Balaban J connectivity index is 1.97. The number of H-pyrrole nitrogens is 1. The molecule has 9 nitrogen and oxygen atoms in total. The molecule has 0 spiro atoms. The number of pyridine rings is 1. The van der Waals surface area contributed by atoms with E-state index in [4.69, 9.17) is 5.14 Å². The Hall–Kier alpha value is -3.63. The number of fused-ring (bicyclic) bond motifs is 1. The summed E-state index contributed by atoms with van der Waals surface area (Å²) in [6.45, 7) is 0. The molecule has 3 heterocycles. The molecule has 140 valence electrons. The number of aromatic hydroxyl groups is 1. The van der Waals surface area contributed by atoms with Gasteiger partial charge in [-0.15, -0.1) is 5.10 Å². The number of rotatable bonds is 4. The van der Waals surface area contributed by atoms with Crippen LogP contribution >= 0.6 is 0 Å². The number of sulfonamides is 1. The maximum atomic E-state index is 13.0. The van der Waals surface area contributed by atoms with Crippen LogP contribution < -0.4 is 5.14 Å². The van der Waals surface area contributed by atoms with Crippen LogP contribution in [-0.2, 0) is 10.0 Å². The summed E-state index contributed by atoms with van der Waals surface area (Å²) < 4.78 is 24.0. The number of hydrogen-bond acceptors (Lipinski definition) is 7. The molecule has 0 aliphatic rings. The van der Waals surface area contributed by atoms with E-state index >= 15 is 0 Å². The Kier molecular flexibility index (Phi) is 4.13. The minimum Gasteiger partial charge on any atom is -0.508 e. The van der Waals surface area contributed by atoms with E-state index < -0.39 is 10.0 Å². The van der Waals surface area contributed by atoms with Crippen LogP contribution in [-0.4, -0.2) is 39.5 Å². The third kappa shape index (κ3) is 3.00. The van der Waals surface area contributed by atoms with Gasteiger partial charge in [-0.05, 0) is 36.4 Å². The Morgan fingerprint density at radius 2 is 1.89 bits per heavy atom. The average molecular weight is 395 g/mol. The highest BCUT2D eigenvalue weighted by Gasteiger charge is 2.23. The van der Waals surface area contributed by atoms with Crippen LogP contribution in [0.4, 0.5) is 0 Å². The zero-order valence-corrected chi connectivity index (χ0v) is 15.0. The molecule has 0 unspecified atom stereocenters. The lowest BCUT2D eigenvalue weighted by atomic mass is 10.00. The number of nitrogens with two attached hydrogens (primary N) is 1. The fourth-order valence-electron chi connectivity index (χ4n) is 2.92. The lowest BCUT2D eigenvalue weighted by Gasteiger charge is -2.08. The summed E-state index contributed by atoms with van der Waals surface area (Å²) in [5, 5.41) is 22.9. The first-order valence-corrected chi connectivity index (χ1v) is 9.55. The molecule has 28 heavy (non-hydrogen) atoms. The zero-order chi connectivity index (χ0) is 19.9. The van der Waals surface area contributed by atoms with Crippen LogP contribution in [0.15, 0.2) is 59.9 Å². The summed E-state index contributed by atoms with van der Waals surface area (Å²) in [4.78, 5) is 19.8. The van der Waals surface area contributed by atoms with E-state index in [9.17, 15) is 18.3 Å². The molecular formula is C18H13N5O4S. The van der Waals surface area contributed by atoms with Gasteiger partial charge in [0.2, 0.25) is 10.0 Å². The molecule has 0 radical (unpaired) electrons. The van der Waals surface area contributed by atoms with Crippen molar-refractivity contribution < 1.29 is 18.3 Å². The third-order valence-electron chi connectivity index (χ3n) is 4.18. The minimum atomic E-state index is -4.06. The quantitative estimate of drug-likeness (QED) is 0.444. The second kappa shape index (κ2) is 6.51. The van der Waals surface area contributed by atoms with Crippen molar-refractivity contribution in [1.29, 1.82) is 0 Å². The standard InChI is InChI=1S/C18H13N5O4S/c19-28(26,27)14-2-1-7-20-16(14)12-9-22-23-18-15(12)13(8-21-18)17(25)10-3-5-11(24)6-4-10/h1-9,24H,(H,21,23)(H2,19,26,27). The van der Waals surface area contributed by atoms with E-state index in [-0.39, 0.29) is 27.7 Å². The molecule has 3 aromatic heterocycles. The number of aromatic nitrogens is 4. The van der Waals surface area contributed by atoms with Crippen LogP contribution in [0.5, 0.6) is 5.75 Å². The number of primary sulfonamides is 1. The van der Waals surface area contributed by atoms with Crippen molar-refractivity contribution >= 4 is 26.8 Å². The molecule has 4 rings (SSSR count). The maximum Gasteiger partial charge on any atom is 0.240 e. The predicted octanol–water partition coefficient (Wildman–Crippen LogP) is 1.60.